The molecule has 0 saturated carbocycles. The average molecular weight is 468 g/mol. The first-order chi connectivity index (χ1) is 16.1. The van der Waals surface area contributed by atoms with E-state index >= 15 is 0 Å². The van der Waals surface area contributed by atoms with E-state index in [1.807, 2.05) is 32.8 Å². The Kier molecular flexibility index (Phi) is 7.68. The van der Waals surface area contributed by atoms with Crippen LogP contribution in [0.3, 0.4) is 0 Å². The highest BCUT2D eigenvalue weighted by Crippen LogP contribution is 2.40. The molecule has 0 radical (unpaired) electrons. The van der Waals surface area contributed by atoms with Gasteiger partial charge in [0.2, 0.25) is 0 Å². The lowest BCUT2D eigenvalue weighted by Crippen LogP contribution is -2.32. The van der Waals surface area contributed by atoms with Gasteiger partial charge in [0.15, 0.2) is 0 Å². The fourth-order valence-electron chi connectivity index (χ4n) is 3.91. The molecule has 2 aromatic rings. The van der Waals surface area contributed by atoms with Gasteiger partial charge in [-0.2, -0.15) is 0 Å². The Morgan fingerprint density at radius 1 is 1.12 bits per heavy atom. The molecule has 1 aliphatic rings. The lowest BCUT2D eigenvalue weighted by atomic mass is 9.95. The van der Waals surface area contributed by atoms with Gasteiger partial charge in [-0.25, -0.2) is 0 Å². The van der Waals surface area contributed by atoms with Gasteiger partial charge in [0.05, 0.1) is 22.6 Å². The van der Waals surface area contributed by atoms with Crippen LogP contribution in [-0.4, -0.2) is 64.8 Å². The third-order valence-corrected chi connectivity index (χ3v) is 5.46. The van der Waals surface area contributed by atoms with E-state index in [0.717, 1.165) is 0 Å². The molecule has 0 aliphatic carbocycles. The third-order valence-electron chi connectivity index (χ3n) is 5.46. The van der Waals surface area contributed by atoms with E-state index in [9.17, 15) is 24.8 Å². The number of aliphatic hydroxyl groups excluding tert-OH is 1. The Balaban J connectivity index is 2.05. The summed E-state index contributed by atoms with van der Waals surface area (Å²) in [6.45, 7) is 4.79. The van der Waals surface area contributed by atoms with Crippen molar-refractivity contribution in [3.8, 4) is 5.75 Å². The zero-order valence-electron chi connectivity index (χ0n) is 19.7. The fraction of sp³-hybridized carbons (Fsp3) is 0.360. The molecule has 0 spiro atoms. The van der Waals surface area contributed by atoms with Gasteiger partial charge in [0, 0.05) is 24.2 Å². The number of hydrogen-bond acceptors (Lipinski definition) is 7. The van der Waals surface area contributed by atoms with E-state index in [0.29, 0.717) is 36.4 Å². The summed E-state index contributed by atoms with van der Waals surface area (Å²) in [5, 5.41) is 22.2. The highest BCUT2D eigenvalue weighted by molar-refractivity contribution is 6.46. The minimum atomic E-state index is -0.852. The number of ether oxygens (including phenoxy) is 1. The van der Waals surface area contributed by atoms with E-state index in [1.54, 1.807) is 24.3 Å². The molecule has 9 nitrogen and oxygen atoms in total. The zero-order valence-corrected chi connectivity index (χ0v) is 19.7. The van der Waals surface area contributed by atoms with E-state index in [4.69, 9.17) is 4.74 Å². The molecule has 180 valence electrons. The molecule has 9 heteroatoms. The van der Waals surface area contributed by atoms with Gasteiger partial charge in [-0.1, -0.05) is 0 Å². The maximum atomic E-state index is 13.0. The molecule has 34 heavy (non-hydrogen) atoms. The van der Waals surface area contributed by atoms with Gasteiger partial charge in [-0.05, 0) is 82.9 Å². The molecule has 1 saturated heterocycles. The second-order valence-electron chi connectivity index (χ2n) is 8.69. The molecule has 2 aromatic carbocycles. The molecule has 1 amide bonds. The van der Waals surface area contributed by atoms with Crippen LogP contribution >= 0.6 is 0 Å². The van der Waals surface area contributed by atoms with Crippen molar-refractivity contribution in [3.63, 3.8) is 0 Å². The summed E-state index contributed by atoms with van der Waals surface area (Å²) >= 11 is 0. The SMILES string of the molecule is CC(C)Oc1ccc(/C(O)=C2\C(=O)C(=O)N(CCCN(C)C)[C@@H]2c2ccc([N+](=O)[O-])cc2)cc1. The maximum absolute atomic E-state index is 13.0. The lowest BCUT2D eigenvalue weighted by Gasteiger charge is -2.26. The standard InChI is InChI=1S/C25H29N3O6/c1-16(2)34-20-12-8-18(9-13-20)23(29)21-22(17-6-10-19(11-7-17)28(32)33)27(25(31)24(21)30)15-5-14-26(3)4/h6-13,16,22,29H,5,14-15H2,1-4H3/b23-21+/t22-/m1/s1. The van der Waals surface area contributed by atoms with Crippen molar-refractivity contribution in [2.75, 3.05) is 27.2 Å². The topological polar surface area (TPSA) is 113 Å². The number of benzene rings is 2. The van der Waals surface area contributed by atoms with Crippen LogP contribution in [-0.2, 0) is 9.59 Å². The monoisotopic (exact) mass is 467 g/mol. The number of ketones is 1. The Morgan fingerprint density at radius 3 is 2.26 bits per heavy atom. The smallest absolute Gasteiger partial charge is 0.295 e. The summed E-state index contributed by atoms with van der Waals surface area (Å²) in [6, 6.07) is 11.4. The number of hydrogen-bond donors (Lipinski definition) is 1. The van der Waals surface area contributed by atoms with E-state index in [2.05, 4.69) is 0 Å². The Morgan fingerprint density at radius 2 is 1.74 bits per heavy atom. The van der Waals surface area contributed by atoms with Crippen LogP contribution in [0.15, 0.2) is 54.1 Å². The van der Waals surface area contributed by atoms with Crippen LogP contribution in [0.25, 0.3) is 5.76 Å². The summed E-state index contributed by atoms with van der Waals surface area (Å²) < 4.78 is 5.63. The van der Waals surface area contributed by atoms with E-state index < -0.39 is 22.7 Å². The second-order valence-corrected chi connectivity index (χ2v) is 8.69. The summed E-state index contributed by atoms with van der Waals surface area (Å²) in [7, 11) is 3.82. The first-order valence-corrected chi connectivity index (χ1v) is 11.0. The van der Waals surface area contributed by atoms with Crippen LogP contribution in [0, 0.1) is 10.1 Å². The molecule has 1 atom stereocenters. The number of nitro benzene ring substituents is 1. The number of amides is 1. The Bertz CT molecular complexity index is 1090. The highest BCUT2D eigenvalue weighted by Gasteiger charge is 2.45. The van der Waals surface area contributed by atoms with Crippen molar-refractivity contribution >= 4 is 23.1 Å². The maximum Gasteiger partial charge on any atom is 0.295 e. The molecule has 3 rings (SSSR count). The third kappa shape index (κ3) is 5.43. The van der Waals surface area contributed by atoms with Gasteiger partial charge in [0.1, 0.15) is 11.5 Å². The van der Waals surface area contributed by atoms with Crippen molar-refractivity contribution in [2.24, 2.45) is 0 Å². The first kappa shape index (κ1) is 24.9. The number of non-ortho nitro benzene ring substituents is 1. The molecular weight excluding hydrogens is 438 g/mol. The second kappa shape index (κ2) is 10.5. The summed E-state index contributed by atoms with van der Waals surface area (Å²) in [5.41, 5.74) is 0.737. The van der Waals surface area contributed by atoms with Crippen LogP contribution in [0.4, 0.5) is 5.69 Å². The predicted octanol–water partition coefficient (Wildman–Crippen LogP) is 3.76. The Labute approximate surface area is 198 Å². The number of Topliss-reactive ketones (excluding diaryl/α,β-unsaturated/α-hetero) is 1. The predicted molar refractivity (Wildman–Crippen MR) is 127 cm³/mol. The number of nitro groups is 1. The van der Waals surface area contributed by atoms with Crippen molar-refractivity contribution in [2.45, 2.75) is 32.4 Å². The van der Waals surface area contributed by atoms with Crippen molar-refractivity contribution in [1.82, 2.24) is 9.80 Å². The summed E-state index contributed by atoms with van der Waals surface area (Å²) in [5.74, 6) is -1.17. The zero-order chi connectivity index (χ0) is 25.0. The molecule has 0 aromatic heterocycles. The van der Waals surface area contributed by atoms with E-state index in [1.165, 1.54) is 29.2 Å². The normalized spacial score (nSPS) is 17.6. The lowest BCUT2D eigenvalue weighted by molar-refractivity contribution is -0.384. The number of nitrogens with zero attached hydrogens (tertiary/aromatic N) is 3. The van der Waals surface area contributed by atoms with Crippen LogP contribution < -0.4 is 4.74 Å². The number of rotatable bonds is 9. The van der Waals surface area contributed by atoms with Crippen molar-refractivity contribution in [3.05, 3.63) is 75.3 Å². The van der Waals surface area contributed by atoms with Gasteiger partial charge in [-0.3, -0.25) is 19.7 Å². The van der Waals surface area contributed by atoms with Crippen LogP contribution in [0.5, 0.6) is 5.75 Å². The largest absolute Gasteiger partial charge is 0.507 e. The fourth-order valence-corrected chi connectivity index (χ4v) is 3.91. The first-order valence-electron chi connectivity index (χ1n) is 11.0. The molecule has 1 fully saturated rings. The highest BCUT2D eigenvalue weighted by atomic mass is 16.6. The quantitative estimate of drug-likeness (QED) is 0.196. The minimum absolute atomic E-state index is 0.0194. The van der Waals surface area contributed by atoms with Crippen molar-refractivity contribution < 1.29 is 24.4 Å². The molecule has 1 N–H and O–H groups in total. The Hall–Kier alpha value is -3.72. The van der Waals surface area contributed by atoms with Gasteiger partial charge < -0.3 is 19.6 Å². The summed E-state index contributed by atoms with van der Waals surface area (Å²) in [6.07, 6.45) is 0.596. The van der Waals surface area contributed by atoms with E-state index in [-0.39, 0.29) is 23.1 Å². The van der Waals surface area contributed by atoms with Crippen molar-refractivity contribution in [1.29, 1.82) is 0 Å². The minimum Gasteiger partial charge on any atom is -0.507 e. The molecular formula is C25H29N3O6. The molecule has 0 unspecified atom stereocenters. The number of carbonyl (C=O) groups is 2. The van der Waals surface area contributed by atoms with Crippen LogP contribution in [0.1, 0.15) is 37.4 Å². The average Bonchev–Trinajstić information content (AvgIpc) is 3.03. The molecule has 1 heterocycles. The van der Waals surface area contributed by atoms with Gasteiger partial charge in [0.25, 0.3) is 17.4 Å². The van der Waals surface area contributed by atoms with Gasteiger partial charge >= 0.3 is 0 Å². The molecule has 0 bridgehead atoms. The van der Waals surface area contributed by atoms with Crippen LogP contribution in [0.2, 0.25) is 0 Å². The molecule has 1 aliphatic heterocycles. The summed E-state index contributed by atoms with van der Waals surface area (Å²) in [4.78, 5) is 40.0. The van der Waals surface area contributed by atoms with Gasteiger partial charge in [-0.15, -0.1) is 0 Å². The number of likely N-dealkylation sites (tertiary alicyclic amines) is 1. The number of aliphatic hydroxyl groups is 1. The number of carbonyl (C=O) groups excluding carboxylic acids is 2.